The molecule has 0 amide bonds. The Morgan fingerprint density at radius 3 is 2.73 bits per heavy atom. The second-order valence-corrected chi connectivity index (χ2v) is 6.44. The van der Waals surface area contributed by atoms with Crippen molar-refractivity contribution in [2.24, 2.45) is 0 Å². The van der Waals surface area contributed by atoms with Gasteiger partial charge in [0, 0.05) is 23.1 Å². The van der Waals surface area contributed by atoms with E-state index in [0.717, 1.165) is 23.9 Å². The zero-order chi connectivity index (χ0) is 15.3. The van der Waals surface area contributed by atoms with Gasteiger partial charge in [0.05, 0.1) is 5.39 Å². The molecule has 0 atom stereocenters. The lowest BCUT2D eigenvalue weighted by Crippen LogP contribution is -2.11. The Kier molecular flexibility index (Phi) is 2.99. The molecule has 0 radical (unpaired) electrons. The molecule has 0 unspecified atom stereocenters. The van der Waals surface area contributed by atoms with E-state index in [-0.39, 0.29) is 11.3 Å². The molecule has 2 N–H and O–H groups in total. The van der Waals surface area contributed by atoms with Crippen LogP contribution < -0.4 is 5.43 Å². The van der Waals surface area contributed by atoms with Crippen LogP contribution in [0.15, 0.2) is 29.2 Å². The summed E-state index contributed by atoms with van der Waals surface area (Å²) in [6, 6.07) is 6.09. The van der Waals surface area contributed by atoms with Crippen molar-refractivity contribution >= 4 is 21.8 Å². The topological polar surface area (TPSA) is 58.0 Å². The van der Waals surface area contributed by atoms with Gasteiger partial charge in [0.1, 0.15) is 5.52 Å². The number of benzene rings is 1. The molecule has 1 saturated carbocycles. The summed E-state index contributed by atoms with van der Waals surface area (Å²) in [6.45, 7) is 1.98. The van der Waals surface area contributed by atoms with Crippen molar-refractivity contribution in [2.45, 2.75) is 45.1 Å². The molecule has 2 heterocycles. The number of hydrogen-bond acceptors (Lipinski definition) is 2. The second kappa shape index (κ2) is 4.90. The first-order valence-electron chi connectivity index (χ1n) is 8.01. The Labute approximate surface area is 128 Å². The summed E-state index contributed by atoms with van der Waals surface area (Å²) in [5.41, 5.74) is 2.40. The smallest absolute Gasteiger partial charge is 0.216 e. The van der Waals surface area contributed by atoms with Gasteiger partial charge in [-0.2, -0.15) is 0 Å². The summed E-state index contributed by atoms with van der Waals surface area (Å²) in [5.74, 6) is 0.196. The van der Waals surface area contributed by atoms with E-state index in [1.807, 2.05) is 35.9 Å². The zero-order valence-corrected chi connectivity index (χ0v) is 12.7. The summed E-state index contributed by atoms with van der Waals surface area (Å²) >= 11 is 0. The maximum absolute atomic E-state index is 12.7. The number of nitrogens with zero attached hydrogens (tertiary/aromatic N) is 1. The van der Waals surface area contributed by atoms with Gasteiger partial charge >= 0.3 is 0 Å². The third kappa shape index (κ3) is 1.94. The highest BCUT2D eigenvalue weighted by Gasteiger charge is 2.21. The fraction of sp³-hybridized carbons (Fsp3) is 0.389. The number of aryl methyl sites for hydroxylation is 1. The Bertz CT molecular complexity index is 914. The van der Waals surface area contributed by atoms with Crippen LogP contribution in [0.1, 0.15) is 43.7 Å². The van der Waals surface area contributed by atoms with E-state index >= 15 is 0 Å². The van der Waals surface area contributed by atoms with Crippen LogP contribution in [-0.2, 0) is 0 Å². The van der Waals surface area contributed by atoms with Crippen LogP contribution in [0.25, 0.3) is 21.8 Å². The minimum Gasteiger partial charge on any atom is -0.493 e. The first kappa shape index (κ1) is 13.4. The molecular weight excluding hydrogens is 276 g/mol. The monoisotopic (exact) mass is 296 g/mol. The van der Waals surface area contributed by atoms with E-state index in [9.17, 15) is 9.90 Å². The molecule has 4 nitrogen and oxygen atoms in total. The SMILES string of the molecule is Cc1ccc2[nH]c3c(O)n(C4CCCCC4)cc3c(=O)c2c1. The average Bonchev–Trinajstić information content (AvgIpc) is 2.87. The first-order chi connectivity index (χ1) is 10.6. The standard InChI is InChI=1S/C18H20N2O2/c1-11-7-8-15-13(9-11)17(21)14-10-20(18(22)16(14)19-15)12-5-3-2-4-6-12/h7-10,12,19,22H,2-6H2,1H3. The van der Waals surface area contributed by atoms with E-state index in [1.54, 1.807) is 0 Å². The van der Waals surface area contributed by atoms with Crippen LogP contribution in [-0.4, -0.2) is 14.7 Å². The Hall–Kier alpha value is -2.23. The van der Waals surface area contributed by atoms with E-state index in [4.69, 9.17) is 0 Å². The molecular formula is C18H20N2O2. The van der Waals surface area contributed by atoms with Crippen LogP contribution in [0.3, 0.4) is 0 Å². The number of aromatic amines is 1. The summed E-state index contributed by atoms with van der Waals surface area (Å²) in [7, 11) is 0. The van der Waals surface area contributed by atoms with Crippen molar-refractivity contribution in [3.63, 3.8) is 0 Å². The van der Waals surface area contributed by atoms with Gasteiger partial charge in [0.15, 0.2) is 5.43 Å². The fourth-order valence-electron chi connectivity index (χ4n) is 3.68. The van der Waals surface area contributed by atoms with Crippen LogP contribution in [0.4, 0.5) is 0 Å². The summed E-state index contributed by atoms with van der Waals surface area (Å²) in [5, 5.41) is 11.8. The lowest BCUT2D eigenvalue weighted by Gasteiger charge is -2.23. The van der Waals surface area contributed by atoms with Crippen LogP contribution in [0, 0.1) is 6.92 Å². The molecule has 0 saturated heterocycles. The van der Waals surface area contributed by atoms with E-state index in [2.05, 4.69) is 4.98 Å². The van der Waals surface area contributed by atoms with E-state index in [1.165, 1.54) is 19.3 Å². The fourth-order valence-corrected chi connectivity index (χ4v) is 3.68. The molecule has 1 fully saturated rings. The molecule has 22 heavy (non-hydrogen) atoms. The molecule has 1 aliphatic carbocycles. The molecule has 1 aliphatic rings. The largest absolute Gasteiger partial charge is 0.493 e. The van der Waals surface area contributed by atoms with Gasteiger partial charge in [-0.05, 0) is 31.9 Å². The average molecular weight is 296 g/mol. The van der Waals surface area contributed by atoms with Crippen molar-refractivity contribution in [1.29, 1.82) is 0 Å². The summed E-state index contributed by atoms with van der Waals surface area (Å²) in [4.78, 5) is 16.0. The van der Waals surface area contributed by atoms with Crippen molar-refractivity contribution in [3.8, 4) is 5.88 Å². The molecule has 3 aromatic rings. The lowest BCUT2D eigenvalue weighted by atomic mass is 9.95. The highest BCUT2D eigenvalue weighted by atomic mass is 16.3. The van der Waals surface area contributed by atoms with E-state index < -0.39 is 0 Å². The van der Waals surface area contributed by atoms with Gasteiger partial charge in [-0.15, -0.1) is 0 Å². The highest BCUT2D eigenvalue weighted by Crippen LogP contribution is 2.35. The maximum Gasteiger partial charge on any atom is 0.216 e. The molecule has 4 heteroatoms. The minimum atomic E-state index is -0.00249. The van der Waals surface area contributed by atoms with Crippen molar-refractivity contribution in [1.82, 2.24) is 9.55 Å². The quantitative estimate of drug-likeness (QED) is 0.713. The number of aromatic nitrogens is 2. The molecule has 0 spiro atoms. The molecule has 0 aliphatic heterocycles. The summed E-state index contributed by atoms with van der Waals surface area (Å²) in [6.07, 6.45) is 7.62. The molecule has 114 valence electrons. The highest BCUT2D eigenvalue weighted by molar-refractivity contribution is 5.95. The Morgan fingerprint density at radius 2 is 1.95 bits per heavy atom. The third-order valence-electron chi connectivity index (χ3n) is 4.90. The predicted octanol–water partition coefficient (Wildman–Crippen LogP) is 4.00. The zero-order valence-electron chi connectivity index (χ0n) is 12.7. The Balaban J connectivity index is 1.98. The molecule has 4 rings (SSSR count). The van der Waals surface area contributed by atoms with Gasteiger partial charge in [0.25, 0.3) is 0 Å². The first-order valence-corrected chi connectivity index (χ1v) is 8.01. The third-order valence-corrected chi connectivity index (χ3v) is 4.90. The van der Waals surface area contributed by atoms with Crippen molar-refractivity contribution in [3.05, 3.63) is 40.2 Å². The normalized spacial score (nSPS) is 16.6. The number of aromatic hydroxyl groups is 1. The summed E-state index contributed by atoms with van der Waals surface area (Å²) < 4.78 is 1.90. The second-order valence-electron chi connectivity index (χ2n) is 6.44. The minimum absolute atomic E-state index is 0.00249. The number of fused-ring (bicyclic) bond motifs is 2. The number of nitrogens with one attached hydrogen (secondary N) is 1. The van der Waals surface area contributed by atoms with Crippen LogP contribution in [0.2, 0.25) is 0 Å². The number of hydrogen-bond donors (Lipinski definition) is 2. The van der Waals surface area contributed by atoms with Gasteiger partial charge in [-0.1, -0.05) is 30.9 Å². The van der Waals surface area contributed by atoms with Gasteiger partial charge in [-0.3, -0.25) is 4.79 Å². The predicted molar refractivity (Wildman–Crippen MR) is 88.6 cm³/mol. The van der Waals surface area contributed by atoms with Gasteiger partial charge in [-0.25, -0.2) is 0 Å². The van der Waals surface area contributed by atoms with Crippen molar-refractivity contribution < 1.29 is 5.11 Å². The number of rotatable bonds is 1. The van der Waals surface area contributed by atoms with Gasteiger partial charge < -0.3 is 14.7 Å². The molecule has 1 aromatic carbocycles. The Morgan fingerprint density at radius 1 is 1.18 bits per heavy atom. The van der Waals surface area contributed by atoms with Crippen molar-refractivity contribution in [2.75, 3.05) is 0 Å². The number of pyridine rings is 1. The van der Waals surface area contributed by atoms with Crippen LogP contribution in [0.5, 0.6) is 5.88 Å². The number of H-pyrrole nitrogens is 1. The van der Waals surface area contributed by atoms with Crippen LogP contribution >= 0.6 is 0 Å². The lowest BCUT2D eigenvalue weighted by molar-refractivity contribution is 0.316. The molecule has 2 aromatic heterocycles. The van der Waals surface area contributed by atoms with E-state index in [0.29, 0.717) is 22.3 Å². The van der Waals surface area contributed by atoms with Gasteiger partial charge in [0.2, 0.25) is 5.88 Å². The maximum atomic E-state index is 12.7. The molecule has 0 bridgehead atoms.